The van der Waals surface area contributed by atoms with E-state index < -0.39 is 4.92 Å². The predicted octanol–water partition coefficient (Wildman–Crippen LogP) is 1.41. The Morgan fingerprint density at radius 1 is 1.58 bits per heavy atom. The third-order valence-electron chi connectivity index (χ3n) is 3.13. The number of halogens is 1. The summed E-state index contributed by atoms with van der Waals surface area (Å²) in [5.41, 5.74) is 6.48. The van der Waals surface area contributed by atoms with E-state index in [0.717, 1.165) is 18.7 Å². The van der Waals surface area contributed by atoms with Gasteiger partial charge in [0.1, 0.15) is 0 Å². The van der Waals surface area contributed by atoms with Crippen LogP contribution in [0.15, 0.2) is 18.2 Å². The Bertz CT molecular complexity index is 470. The van der Waals surface area contributed by atoms with Crippen LogP contribution in [0.1, 0.15) is 5.56 Å². The summed E-state index contributed by atoms with van der Waals surface area (Å²) in [6, 6.07) is 4.56. The van der Waals surface area contributed by atoms with Crippen LogP contribution in [-0.4, -0.2) is 42.2 Å². The monoisotopic (exact) mass is 285 g/mol. The van der Waals surface area contributed by atoms with Crippen molar-refractivity contribution in [3.63, 3.8) is 0 Å². The molecule has 19 heavy (non-hydrogen) atoms. The Morgan fingerprint density at radius 3 is 3.00 bits per heavy atom. The van der Waals surface area contributed by atoms with Gasteiger partial charge in [-0.05, 0) is 11.6 Å². The first-order valence-electron chi connectivity index (χ1n) is 6.07. The van der Waals surface area contributed by atoms with Crippen molar-refractivity contribution >= 4 is 17.3 Å². The van der Waals surface area contributed by atoms with Gasteiger partial charge in [0.05, 0.1) is 22.7 Å². The van der Waals surface area contributed by atoms with Gasteiger partial charge in [0.25, 0.3) is 5.69 Å². The molecule has 1 aromatic carbocycles. The number of nitrogens with two attached hydrogens (primary N) is 1. The first-order chi connectivity index (χ1) is 9.10. The van der Waals surface area contributed by atoms with Gasteiger partial charge < -0.3 is 10.5 Å². The number of morpholine rings is 1. The highest BCUT2D eigenvalue weighted by atomic mass is 35.5. The van der Waals surface area contributed by atoms with Crippen molar-refractivity contribution in [3.8, 4) is 0 Å². The fraction of sp³-hybridized carbons (Fsp3) is 0.500. The summed E-state index contributed by atoms with van der Waals surface area (Å²) in [7, 11) is 0. The molecule has 1 fully saturated rings. The summed E-state index contributed by atoms with van der Waals surface area (Å²) in [6.07, 6.45) is 0.0468. The van der Waals surface area contributed by atoms with E-state index >= 15 is 0 Å². The van der Waals surface area contributed by atoms with E-state index in [1.165, 1.54) is 12.1 Å². The summed E-state index contributed by atoms with van der Waals surface area (Å²) in [6.45, 7) is 3.35. The topological polar surface area (TPSA) is 81.6 Å². The zero-order valence-electron chi connectivity index (χ0n) is 10.4. The molecule has 0 saturated carbocycles. The number of nitro benzene ring substituents is 1. The molecule has 1 saturated heterocycles. The summed E-state index contributed by atoms with van der Waals surface area (Å²) < 4.78 is 5.49. The van der Waals surface area contributed by atoms with Crippen LogP contribution in [0.3, 0.4) is 0 Å². The SMILES string of the molecule is NCC1CN(Cc2ccc([N+](=O)[O-])cc2Cl)CCO1. The molecule has 7 heteroatoms. The molecule has 1 aliphatic heterocycles. The van der Waals surface area contributed by atoms with Gasteiger partial charge in [-0.2, -0.15) is 0 Å². The number of hydrogen-bond acceptors (Lipinski definition) is 5. The molecule has 1 atom stereocenters. The van der Waals surface area contributed by atoms with Crippen LogP contribution in [0.25, 0.3) is 0 Å². The maximum absolute atomic E-state index is 10.6. The molecule has 1 aromatic rings. The molecule has 0 bridgehead atoms. The molecule has 0 aromatic heterocycles. The van der Waals surface area contributed by atoms with Crippen molar-refractivity contribution in [3.05, 3.63) is 38.9 Å². The minimum Gasteiger partial charge on any atom is -0.374 e. The third-order valence-corrected chi connectivity index (χ3v) is 3.48. The molecule has 104 valence electrons. The Balaban J connectivity index is 2.04. The highest BCUT2D eigenvalue weighted by molar-refractivity contribution is 6.31. The van der Waals surface area contributed by atoms with Gasteiger partial charge in [0.2, 0.25) is 0 Å². The lowest BCUT2D eigenvalue weighted by molar-refractivity contribution is -0.384. The van der Waals surface area contributed by atoms with Gasteiger partial charge >= 0.3 is 0 Å². The molecule has 1 aliphatic rings. The zero-order valence-corrected chi connectivity index (χ0v) is 11.2. The second-order valence-corrected chi connectivity index (χ2v) is 4.90. The second-order valence-electron chi connectivity index (χ2n) is 4.50. The van der Waals surface area contributed by atoms with Crippen LogP contribution in [0, 0.1) is 10.1 Å². The Kier molecular flexibility index (Phi) is 4.71. The molecule has 0 amide bonds. The van der Waals surface area contributed by atoms with Gasteiger partial charge in [-0.25, -0.2) is 0 Å². The number of non-ortho nitro benzene ring substituents is 1. The predicted molar refractivity (Wildman–Crippen MR) is 72.2 cm³/mol. The molecule has 0 spiro atoms. The van der Waals surface area contributed by atoms with E-state index in [1.807, 2.05) is 0 Å². The van der Waals surface area contributed by atoms with E-state index in [0.29, 0.717) is 24.7 Å². The third kappa shape index (κ3) is 3.63. The van der Waals surface area contributed by atoms with Crippen molar-refractivity contribution in [2.75, 3.05) is 26.2 Å². The fourth-order valence-corrected chi connectivity index (χ4v) is 2.32. The van der Waals surface area contributed by atoms with Crippen molar-refractivity contribution < 1.29 is 9.66 Å². The van der Waals surface area contributed by atoms with E-state index in [4.69, 9.17) is 22.1 Å². The standard InChI is InChI=1S/C12H16ClN3O3/c13-12-5-10(16(17)18)2-1-9(12)7-15-3-4-19-11(6-14)8-15/h1-2,5,11H,3-4,6-8,14H2. The number of ether oxygens (including phenoxy) is 1. The highest BCUT2D eigenvalue weighted by Gasteiger charge is 2.20. The van der Waals surface area contributed by atoms with Crippen LogP contribution in [0.5, 0.6) is 0 Å². The van der Waals surface area contributed by atoms with E-state index in [-0.39, 0.29) is 11.8 Å². The Labute approximate surface area is 116 Å². The maximum atomic E-state index is 10.6. The number of rotatable bonds is 4. The second kappa shape index (κ2) is 6.29. The normalized spacial score (nSPS) is 20.4. The van der Waals surface area contributed by atoms with Gasteiger partial charge in [-0.1, -0.05) is 11.6 Å². The lowest BCUT2D eigenvalue weighted by Crippen LogP contribution is -2.45. The van der Waals surface area contributed by atoms with Crippen LogP contribution in [0.4, 0.5) is 5.69 Å². The van der Waals surface area contributed by atoms with E-state index in [1.54, 1.807) is 6.07 Å². The van der Waals surface area contributed by atoms with Crippen LogP contribution in [0.2, 0.25) is 5.02 Å². The maximum Gasteiger partial charge on any atom is 0.270 e. The van der Waals surface area contributed by atoms with Crippen LogP contribution < -0.4 is 5.73 Å². The van der Waals surface area contributed by atoms with Gasteiger partial charge in [-0.15, -0.1) is 0 Å². The zero-order chi connectivity index (χ0) is 13.8. The average molecular weight is 286 g/mol. The molecular formula is C12H16ClN3O3. The summed E-state index contributed by atoms with van der Waals surface area (Å²) in [5.74, 6) is 0. The van der Waals surface area contributed by atoms with Gasteiger partial charge in [0, 0.05) is 38.3 Å². The Morgan fingerprint density at radius 2 is 2.37 bits per heavy atom. The summed E-state index contributed by atoms with van der Waals surface area (Å²) in [4.78, 5) is 12.4. The minimum atomic E-state index is -0.450. The number of nitrogens with zero attached hydrogens (tertiary/aromatic N) is 2. The largest absolute Gasteiger partial charge is 0.374 e. The summed E-state index contributed by atoms with van der Waals surface area (Å²) in [5, 5.41) is 11.1. The van der Waals surface area contributed by atoms with E-state index in [9.17, 15) is 10.1 Å². The van der Waals surface area contributed by atoms with Crippen molar-refractivity contribution in [2.24, 2.45) is 5.73 Å². The highest BCUT2D eigenvalue weighted by Crippen LogP contribution is 2.24. The van der Waals surface area contributed by atoms with Crippen LogP contribution >= 0.6 is 11.6 Å². The number of benzene rings is 1. The quantitative estimate of drug-likeness (QED) is 0.668. The summed E-state index contributed by atoms with van der Waals surface area (Å²) >= 11 is 6.08. The molecule has 1 unspecified atom stereocenters. The number of nitro groups is 1. The van der Waals surface area contributed by atoms with E-state index in [2.05, 4.69) is 4.90 Å². The minimum absolute atomic E-state index is 0.00978. The molecule has 1 heterocycles. The molecule has 6 nitrogen and oxygen atoms in total. The van der Waals surface area contributed by atoms with Gasteiger partial charge in [0.15, 0.2) is 0 Å². The van der Waals surface area contributed by atoms with Crippen molar-refractivity contribution in [2.45, 2.75) is 12.6 Å². The molecule has 0 radical (unpaired) electrons. The number of hydrogen-bond donors (Lipinski definition) is 1. The van der Waals surface area contributed by atoms with Gasteiger partial charge in [-0.3, -0.25) is 15.0 Å². The molecule has 0 aliphatic carbocycles. The molecular weight excluding hydrogens is 270 g/mol. The Hall–Kier alpha value is -1.21. The lowest BCUT2D eigenvalue weighted by Gasteiger charge is -2.32. The average Bonchev–Trinajstić information content (AvgIpc) is 2.41. The first kappa shape index (κ1) is 14.2. The van der Waals surface area contributed by atoms with Crippen molar-refractivity contribution in [1.29, 1.82) is 0 Å². The van der Waals surface area contributed by atoms with Crippen molar-refractivity contribution in [1.82, 2.24) is 4.90 Å². The molecule has 2 rings (SSSR count). The lowest BCUT2D eigenvalue weighted by atomic mass is 10.1. The van der Waals surface area contributed by atoms with Crippen LogP contribution in [-0.2, 0) is 11.3 Å². The fourth-order valence-electron chi connectivity index (χ4n) is 2.09. The first-order valence-corrected chi connectivity index (χ1v) is 6.45. The smallest absolute Gasteiger partial charge is 0.270 e. The molecule has 2 N–H and O–H groups in total.